The molecule has 2 rings (SSSR count). The molecular formula is C20H24N2O3. The van der Waals surface area contributed by atoms with Crippen molar-refractivity contribution in [3.05, 3.63) is 65.0 Å². The Labute approximate surface area is 148 Å². The van der Waals surface area contributed by atoms with Crippen LogP contribution in [-0.2, 0) is 11.2 Å². The topological polar surface area (TPSA) is 68.3 Å². The van der Waals surface area contributed by atoms with Crippen molar-refractivity contribution in [2.45, 2.75) is 39.7 Å². The molecule has 0 atom stereocenters. The molecule has 0 spiro atoms. The van der Waals surface area contributed by atoms with Gasteiger partial charge < -0.3 is 10.1 Å². The summed E-state index contributed by atoms with van der Waals surface area (Å²) >= 11 is 0. The Morgan fingerprint density at radius 2 is 1.80 bits per heavy atom. The minimum absolute atomic E-state index is 0.219. The van der Waals surface area contributed by atoms with Gasteiger partial charge in [0.15, 0.2) is 0 Å². The molecule has 1 N–H and O–H groups in total. The van der Waals surface area contributed by atoms with E-state index < -0.39 is 11.6 Å². The normalized spacial score (nSPS) is 11.0. The van der Waals surface area contributed by atoms with E-state index in [4.69, 9.17) is 4.74 Å². The largest absolute Gasteiger partial charge is 0.456 e. The number of rotatable bonds is 5. The number of esters is 1. The van der Waals surface area contributed by atoms with Gasteiger partial charge in [0.1, 0.15) is 11.3 Å². The zero-order valence-electron chi connectivity index (χ0n) is 15.1. The molecule has 0 radical (unpaired) electrons. The van der Waals surface area contributed by atoms with E-state index in [0.717, 1.165) is 5.56 Å². The van der Waals surface area contributed by atoms with Crippen LogP contribution in [0.4, 0.5) is 0 Å². The first-order valence-corrected chi connectivity index (χ1v) is 8.35. The molecule has 1 amide bonds. The lowest BCUT2D eigenvalue weighted by Crippen LogP contribution is -2.26. The van der Waals surface area contributed by atoms with Gasteiger partial charge in [-0.1, -0.05) is 30.3 Å². The Morgan fingerprint density at radius 1 is 1.12 bits per heavy atom. The Bertz CT molecular complexity index is 749. The minimum Gasteiger partial charge on any atom is -0.456 e. The van der Waals surface area contributed by atoms with E-state index in [-0.39, 0.29) is 11.6 Å². The lowest BCUT2D eigenvalue weighted by molar-refractivity contribution is 0.00692. The van der Waals surface area contributed by atoms with Crippen molar-refractivity contribution in [1.29, 1.82) is 0 Å². The van der Waals surface area contributed by atoms with E-state index >= 15 is 0 Å². The van der Waals surface area contributed by atoms with Crippen LogP contribution >= 0.6 is 0 Å². The van der Waals surface area contributed by atoms with Gasteiger partial charge >= 0.3 is 5.97 Å². The highest BCUT2D eigenvalue weighted by atomic mass is 16.6. The number of carbonyl (C=O) groups excluding carboxylic acids is 2. The van der Waals surface area contributed by atoms with E-state index in [1.54, 1.807) is 6.07 Å². The monoisotopic (exact) mass is 340 g/mol. The Balaban J connectivity index is 2.37. The van der Waals surface area contributed by atoms with Crippen LogP contribution < -0.4 is 5.32 Å². The zero-order valence-corrected chi connectivity index (χ0v) is 15.1. The van der Waals surface area contributed by atoms with Crippen LogP contribution in [0.15, 0.2) is 42.5 Å². The molecule has 2 aromatic rings. The zero-order chi connectivity index (χ0) is 18.4. The van der Waals surface area contributed by atoms with Crippen molar-refractivity contribution in [3.8, 4) is 0 Å². The molecule has 0 aliphatic carbocycles. The summed E-state index contributed by atoms with van der Waals surface area (Å²) in [5.74, 6) is -0.767. The first-order chi connectivity index (χ1) is 11.8. The Morgan fingerprint density at radius 3 is 2.40 bits per heavy atom. The van der Waals surface area contributed by atoms with Gasteiger partial charge in [-0.25, -0.2) is 9.78 Å². The fraction of sp³-hybridized carbons (Fsp3) is 0.350. The number of ether oxygens (including phenoxy) is 1. The lowest BCUT2D eigenvalue weighted by atomic mass is 10.1. The molecule has 1 aromatic carbocycles. The minimum atomic E-state index is -0.605. The predicted octanol–water partition coefficient (Wildman–Crippen LogP) is 3.38. The third kappa shape index (κ3) is 5.71. The van der Waals surface area contributed by atoms with Crippen molar-refractivity contribution in [2.75, 3.05) is 6.54 Å². The maximum absolute atomic E-state index is 12.4. The number of hydrogen-bond donors (Lipinski definition) is 1. The van der Waals surface area contributed by atoms with Crippen molar-refractivity contribution < 1.29 is 14.3 Å². The first kappa shape index (κ1) is 18.6. The fourth-order valence-electron chi connectivity index (χ4n) is 2.31. The molecule has 5 nitrogen and oxygen atoms in total. The van der Waals surface area contributed by atoms with E-state index in [0.29, 0.717) is 24.2 Å². The summed E-state index contributed by atoms with van der Waals surface area (Å²) in [6.45, 7) is 7.75. The number of amides is 1. The third-order valence-electron chi connectivity index (χ3n) is 3.31. The quantitative estimate of drug-likeness (QED) is 0.847. The summed E-state index contributed by atoms with van der Waals surface area (Å²) in [6.07, 6.45) is 0.532. The average Bonchev–Trinajstić information content (AvgIpc) is 2.54. The molecule has 25 heavy (non-hydrogen) atoms. The standard InChI is InChI=1S/C20H24N2O3/c1-5-21-18(23)17-13-15(19(24)25-20(2,3)4)12-16(22-17)11-14-9-7-6-8-10-14/h6-10,12-13H,5,11H2,1-4H3,(H,21,23). The molecule has 5 heteroatoms. The second kappa shape index (κ2) is 7.92. The molecular weight excluding hydrogens is 316 g/mol. The van der Waals surface area contributed by atoms with Gasteiger partial charge in [0.25, 0.3) is 5.91 Å². The van der Waals surface area contributed by atoms with Gasteiger partial charge in [-0.05, 0) is 45.4 Å². The van der Waals surface area contributed by atoms with E-state index in [1.165, 1.54) is 6.07 Å². The maximum atomic E-state index is 12.4. The summed E-state index contributed by atoms with van der Waals surface area (Å²) in [6, 6.07) is 12.9. The van der Waals surface area contributed by atoms with Gasteiger partial charge in [-0.15, -0.1) is 0 Å². The molecule has 0 aliphatic rings. The van der Waals surface area contributed by atoms with E-state index in [9.17, 15) is 9.59 Å². The van der Waals surface area contributed by atoms with E-state index in [2.05, 4.69) is 10.3 Å². The van der Waals surface area contributed by atoms with Crippen LogP contribution in [0.25, 0.3) is 0 Å². The molecule has 0 saturated heterocycles. The highest BCUT2D eigenvalue weighted by molar-refractivity contribution is 5.96. The van der Waals surface area contributed by atoms with Gasteiger partial charge in [0.05, 0.1) is 5.56 Å². The number of aromatic nitrogens is 1. The summed E-state index contributed by atoms with van der Waals surface area (Å²) in [4.78, 5) is 29.0. The molecule has 0 aliphatic heterocycles. The Hall–Kier alpha value is -2.69. The molecule has 0 saturated carbocycles. The van der Waals surface area contributed by atoms with Gasteiger partial charge in [0.2, 0.25) is 0 Å². The van der Waals surface area contributed by atoms with Crippen molar-refractivity contribution in [3.63, 3.8) is 0 Å². The van der Waals surface area contributed by atoms with Crippen molar-refractivity contribution >= 4 is 11.9 Å². The number of nitrogens with zero attached hydrogens (tertiary/aromatic N) is 1. The summed E-state index contributed by atoms with van der Waals surface area (Å²) in [5, 5.41) is 2.71. The van der Waals surface area contributed by atoms with Crippen LogP contribution in [0.5, 0.6) is 0 Å². The molecule has 0 unspecified atom stereocenters. The number of carbonyl (C=O) groups is 2. The van der Waals surface area contributed by atoms with Crippen LogP contribution in [0.3, 0.4) is 0 Å². The van der Waals surface area contributed by atoms with Crippen LogP contribution in [0, 0.1) is 0 Å². The second-order valence-corrected chi connectivity index (χ2v) is 6.76. The van der Waals surface area contributed by atoms with E-state index in [1.807, 2.05) is 58.0 Å². The van der Waals surface area contributed by atoms with Crippen molar-refractivity contribution in [2.24, 2.45) is 0 Å². The van der Waals surface area contributed by atoms with Crippen LogP contribution in [0.1, 0.15) is 59.8 Å². The SMILES string of the molecule is CCNC(=O)c1cc(C(=O)OC(C)(C)C)cc(Cc2ccccc2)n1. The number of benzene rings is 1. The highest BCUT2D eigenvalue weighted by Crippen LogP contribution is 2.16. The smallest absolute Gasteiger partial charge is 0.338 e. The number of hydrogen-bond acceptors (Lipinski definition) is 4. The maximum Gasteiger partial charge on any atom is 0.338 e. The summed E-state index contributed by atoms with van der Waals surface area (Å²) < 4.78 is 5.43. The highest BCUT2D eigenvalue weighted by Gasteiger charge is 2.20. The van der Waals surface area contributed by atoms with Gasteiger partial charge in [0, 0.05) is 18.7 Å². The van der Waals surface area contributed by atoms with Gasteiger partial charge in [-0.3, -0.25) is 4.79 Å². The molecule has 0 bridgehead atoms. The number of nitrogens with one attached hydrogen (secondary N) is 1. The third-order valence-corrected chi connectivity index (χ3v) is 3.31. The summed E-state index contributed by atoms with van der Waals surface area (Å²) in [7, 11) is 0. The molecule has 0 fully saturated rings. The fourth-order valence-corrected chi connectivity index (χ4v) is 2.31. The predicted molar refractivity (Wildman–Crippen MR) is 96.7 cm³/mol. The lowest BCUT2D eigenvalue weighted by Gasteiger charge is -2.20. The van der Waals surface area contributed by atoms with Gasteiger partial charge in [-0.2, -0.15) is 0 Å². The average molecular weight is 340 g/mol. The molecule has 132 valence electrons. The molecule has 1 aromatic heterocycles. The second-order valence-electron chi connectivity index (χ2n) is 6.76. The van der Waals surface area contributed by atoms with Crippen LogP contribution in [-0.4, -0.2) is 29.0 Å². The Kier molecular flexibility index (Phi) is 5.91. The van der Waals surface area contributed by atoms with Crippen molar-refractivity contribution in [1.82, 2.24) is 10.3 Å². The summed E-state index contributed by atoms with van der Waals surface area (Å²) in [5.41, 5.74) is 1.65. The first-order valence-electron chi connectivity index (χ1n) is 8.35. The van der Waals surface area contributed by atoms with Crippen LogP contribution in [0.2, 0.25) is 0 Å². The molecule has 1 heterocycles. The number of pyridine rings is 1.